The third kappa shape index (κ3) is 3.79. The molecule has 118 valence electrons. The molecular formula is C14H23N3O3S. The number of hydrogen-bond acceptors (Lipinski definition) is 7. The number of methoxy groups -OCH3 is 1. The highest BCUT2D eigenvalue weighted by Crippen LogP contribution is 2.44. The number of hydrogen-bond donors (Lipinski definition) is 3. The van der Waals surface area contributed by atoms with E-state index in [1.54, 1.807) is 0 Å². The van der Waals surface area contributed by atoms with Crippen LogP contribution in [0.5, 0.6) is 5.75 Å². The second kappa shape index (κ2) is 7.00. The van der Waals surface area contributed by atoms with Crippen molar-refractivity contribution in [1.29, 1.82) is 0 Å². The van der Waals surface area contributed by atoms with Crippen LogP contribution >= 0.6 is 11.3 Å². The lowest BCUT2D eigenvalue weighted by Crippen LogP contribution is -2.35. The van der Waals surface area contributed by atoms with E-state index in [1.807, 2.05) is 13.8 Å². The van der Waals surface area contributed by atoms with Gasteiger partial charge >= 0.3 is 5.97 Å². The SMILES string of the molecule is COC(=O)c1sc(NC2CCNCC2)c(OC(C)C)c1N. The quantitative estimate of drug-likeness (QED) is 0.722. The Bertz CT molecular complexity index is 496. The highest BCUT2D eigenvalue weighted by Gasteiger charge is 2.25. The number of ether oxygens (including phenoxy) is 2. The van der Waals surface area contributed by atoms with E-state index in [1.165, 1.54) is 18.4 Å². The Morgan fingerprint density at radius 2 is 2.10 bits per heavy atom. The van der Waals surface area contributed by atoms with Gasteiger partial charge in [-0.3, -0.25) is 0 Å². The van der Waals surface area contributed by atoms with Gasteiger partial charge < -0.3 is 25.8 Å². The zero-order chi connectivity index (χ0) is 15.4. The molecule has 4 N–H and O–H groups in total. The Morgan fingerprint density at radius 1 is 1.43 bits per heavy atom. The number of nitrogen functional groups attached to an aromatic ring is 1. The van der Waals surface area contributed by atoms with Gasteiger partial charge in [-0.15, -0.1) is 11.3 Å². The first-order chi connectivity index (χ1) is 10.0. The van der Waals surface area contributed by atoms with Crippen molar-refractivity contribution in [3.8, 4) is 5.75 Å². The fourth-order valence-electron chi connectivity index (χ4n) is 2.27. The van der Waals surface area contributed by atoms with Gasteiger partial charge in [-0.2, -0.15) is 0 Å². The van der Waals surface area contributed by atoms with Gasteiger partial charge in [0.25, 0.3) is 0 Å². The van der Waals surface area contributed by atoms with Crippen molar-refractivity contribution in [1.82, 2.24) is 5.32 Å². The van der Waals surface area contributed by atoms with Crippen molar-refractivity contribution in [3.63, 3.8) is 0 Å². The summed E-state index contributed by atoms with van der Waals surface area (Å²) in [5.74, 6) is 0.137. The molecule has 21 heavy (non-hydrogen) atoms. The van der Waals surface area contributed by atoms with E-state index < -0.39 is 5.97 Å². The average molecular weight is 313 g/mol. The summed E-state index contributed by atoms with van der Waals surface area (Å²) in [5.41, 5.74) is 6.42. The van der Waals surface area contributed by atoms with Gasteiger partial charge in [-0.05, 0) is 39.8 Å². The molecule has 0 aliphatic carbocycles. The third-order valence-corrected chi connectivity index (χ3v) is 4.40. The Hall–Kier alpha value is -1.47. The molecular weight excluding hydrogens is 290 g/mol. The number of esters is 1. The van der Waals surface area contributed by atoms with Gasteiger partial charge in [-0.1, -0.05) is 0 Å². The molecule has 1 aliphatic rings. The summed E-state index contributed by atoms with van der Waals surface area (Å²) >= 11 is 1.30. The molecule has 0 unspecified atom stereocenters. The average Bonchev–Trinajstić information content (AvgIpc) is 2.76. The zero-order valence-corrected chi connectivity index (χ0v) is 13.5. The Balaban J connectivity index is 2.26. The van der Waals surface area contributed by atoms with Crippen molar-refractivity contribution in [2.75, 3.05) is 31.2 Å². The number of nitrogens with two attached hydrogens (primary N) is 1. The molecule has 0 radical (unpaired) electrons. The lowest BCUT2D eigenvalue weighted by Gasteiger charge is -2.24. The molecule has 0 saturated carbocycles. The van der Waals surface area contributed by atoms with Gasteiger partial charge in [0, 0.05) is 6.04 Å². The van der Waals surface area contributed by atoms with E-state index in [-0.39, 0.29) is 6.10 Å². The van der Waals surface area contributed by atoms with Crippen LogP contribution in [0.2, 0.25) is 0 Å². The molecule has 6 nitrogen and oxygen atoms in total. The number of rotatable bonds is 5. The van der Waals surface area contributed by atoms with Crippen molar-refractivity contribution in [2.24, 2.45) is 0 Å². The predicted molar refractivity (Wildman–Crippen MR) is 85.3 cm³/mol. The van der Waals surface area contributed by atoms with Crippen LogP contribution in [-0.4, -0.2) is 38.3 Å². The van der Waals surface area contributed by atoms with Crippen LogP contribution in [-0.2, 0) is 4.74 Å². The van der Waals surface area contributed by atoms with Crippen LogP contribution in [0.3, 0.4) is 0 Å². The molecule has 7 heteroatoms. The minimum absolute atomic E-state index is 0.0130. The number of anilines is 2. The standard InChI is InChI=1S/C14H23N3O3S/c1-8(2)20-11-10(15)12(14(18)19-3)21-13(11)17-9-4-6-16-7-5-9/h8-9,16-17H,4-7,15H2,1-3H3. The smallest absolute Gasteiger partial charge is 0.350 e. The molecule has 0 atom stereocenters. The molecule has 2 heterocycles. The van der Waals surface area contributed by atoms with Crippen LogP contribution in [0.25, 0.3) is 0 Å². The van der Waals surface area contributed by atoms with Gasteiger partial charge in [0.05, 0.1) is 13.2 Å². The number of carbonyl (C=O) groups is 1. The van der Waals surface area contributed by atoms with Crippen LogP contribution in [0.1, 0.15) is 36.4 Å². The summed E-state index contributed by atoms with van der Waals surface area (Å²) in [4.78, 5) is 12.2. The minimum Gasteiger partial charge on any atom is -0.486 e. The van der Waals surface area contributed by atoms with Crippen LogP contribution in [0, 0.1) is 0 Å². The van der Waals surface area contributed by atoms with Crippen LogP contribution < -0.4 is 21.1 Å². The lowest BCUT2D eigenvalue weighted by atomic mass is 10.1. The van der Waals surface area contributed by atoms with E-state index in [4.69, 9.17) is 15.2 Å². The van der Waals surface area contributed by atoms with Gasteiger partial charge in [0.15, 0.2) is 5.75 Å². The number of thiophene rings is 1. The summed E-state index contributed by atoms with van der Waals surface area (Å²) in [6, 6.07) is 0.365. The lowest BCUT2D eigenvalue weighted by molar-refractivity contribution is 0.0607. The molecule has 0 spiro atoms. The van der Waals surface area contributed by atoms with Crippen molar-refractivity contribution < 1.29 is 14.3 Å². The highest BCUT2D eigenvalue weighted by atomic mass is 32.1. The highest BCUT2D eigenvalue weighted by molar-refractivity contribution is 7.19. The fraction of sp³-hybridized carbons (Fsp3) is 0.643. The van der Waals surface area contributed by atoms with E-state index >= 15 is 0 Å². The number of nitrogens with one attached hydrogen (secondary N) is 2. The Morgan fingerprint density at radius 3 is 2.67 bits per heavy atom. The van der Waals surface area contributed by atoms with Crippen LogP contribution in [0.4, 0.5) is 10.7 Å². The summed E-state index contributed by atoms with van der Waals surface area (Å²) in [6.45, 7) is 5.85. The zero-order valence-electron chi connectivity index (χ0n) is 12.7. The summed E-state index contributed by atoms with van der Waals surface area (Å²) in [7, 11) is 1.35. The first-order valence-electron chi connectivity index (χ1n) is 7.17. The number of carbonyl (C=O) groups excluding carboxylic acids is 1. The van der Waals surface area contributed by atoms with Gasteiger partial charge in [0.2, 0.25) is 0 Å². The molecule has 1 saturated heterocycles. The molecule has 1 aromatic heterocycles. The molecule has 0 bridgehead atoms. The maximum Gasteiger partial charge on any atom is 0.350 e. The summed E-state index contributed by atoms with van der Waals surface area (Å²) in [6.07, 6.45) is 2.06. The fourth-order valence-corrected chi connectivity index (χ4v) is 3.32. The third-order valence-electron chi connectivity index (χ3n) is 3.30. The van der Waals surface area contributed by atoms with Crippen LogP contribution in [0.15, 0.2) is 0 Å². The predicted octanol–water partition coefficient (Wildman–Crippen LogP) is 2.07. The topological polar surface area (TPSA) is 85.6 Å². The van der Waals surface area contributed by atoms with Crippen molar-refractivity contribution in [3.05, 3.63) is 4.88 Å². The number of piperidine rings is 1. The van der Waals surface area contributed by atoms with Crippen molar-refractivity contribution in [2.45, 2.75) is 38.8 Å². The van der Waals surface area contributed by atoms with E-state index in [2.05, 4.69) is 10.6 Å². The summed E-state index contributed by atoms with van der Waals surface area (Å²) in [5, 5.41) is 7.60. The van der Waals surface area contributed by atoms with E-state index in [0.29, 0.717) is 22.4 Å². The maximum absolute atomic E-state index is 11.8. The molecule has 0 amide bonds. The monoisotopic (exact) mass is 313 g/mol. The molecule has 0 aromatic carbocycles. The normalized spacial score (nSPS) is 16.0. The van der Waals surface area contributed by atoms with E-state index in [9.17, 15) is 4.79 Å². The molecule has 2 rings (SSSR count). The Labute approximate surface area is 129 Å². The second-order valence-electron chi connectivity index (χ2n) is 5.33. The second-order valence-corrected chi connectivity index (χ2v) is 6.35. The summed E-state index contributed by atoms with van der Waals surface area (Å²) < 4.78 is 10.6. The van der Waals surface area contributed by atoms with Crippen molar-refractivity contribution >= 4 is 28.0 Å². The minimum atomic E-state index is -0.426. The van der Waals surface area contributed by atoms with E-state index in [0.717, 1.165) is 30.9 Å². The Kier molecular flexibility index (Phi) is 5.30. The maximum atomic E-state index is 11.8. The molecule has 1 aromatic rings. The van der Waals surface area contributed by atoms with Gasteiger partial charge in [0.1, 0.15) is 15.6 Å². The molecule has 1 fully saturated rings. The first-order valence-corrected chi connectivity index (χ1v) is 7.99. The first kappa shape index (κ1) is 15.9. The van der Waals surface area contributed by atoms with Gasteiger partial charge in [-0.25, -0.2) is 4.79 Å². The molecule has 1 aliphatic heterocycles. The largest absolute Gasteiger partial charge is 0.486 e.